The third-order valence-corrected chi connectivity index (χ3v) is 6.05. The van der Waals surface area contributed by atoms with Crippen LogP contribution in [0.3, 0.4) is 0 Å². The van der Waals surface area contributed by atoms with E-state index in [1.807, 2.05) is 36.1 Å². The lowest BCUT2D eigenvalue weighted by molar-refractivity contribution is -0.150. The summed E-state index contributed by atoms with van der Waals surface area (Å²) in [5.74, 6) is 0.651. The van der Waals surface area contributed by atoms with Crippen molar-refractivity contribution in [2.24, 2.45) is 0 Å². The van der Waals surface area contributed by atoms with E-state index in [-0.39, 0.29) is 19.2 Å². The molecule has 0 aromatic heterocycles. The van der Waals surface area contributed by atoms with Gasteiger partial charge in [-0.2, -0.15) is 0 Å². The summed E-state index contributed by atoms with van der Waals surface area (Å²) < 4.78 is 10.8. The zero-order valence-electron chi connectivity index (χ0n) is 17.9. The Morgan fingerprint density at radius 1 is 1.23 bits per heavy atom. The van der Waals surface area contributed by atoms with E-state index >= 15 is 0 Å². The van der Waals surface area contributed by atoms with Crippen LogP contribution in [0.15, 0.2) is 24.3 Å². The molecule has 0 spiro atoms. The van der Waals surface area contributed by atoms with E-state index in [1.54, 1.807) is 11.8 Å². The fourth-order valence-corrected chi connectivity index (χ4v) is 4.23. The number of nitrogens with zero attached hydrogens (tertiary/aromatic N) is 2. The number of β-amino-alcohol motifs (C(OH)–C–C–N with tert-alkyl or cyclic N) is 2. The number of hydrogen-bond acceptors (Lipinski definition) is 7. The SMILES string of the molecule is CCOC(=O)N1CCC(O)(CN2CC[C@H](O)[C@@](O)(COc3cccc(C)c3)C2)CC1. The van der Waals surface area contributed by atoms with Gasteiger partial charge in [0, 0.05) is 32.7 Å². The van der Waals surface area contributed by atoms with Crippen LogP contribution in [0.2, 0.25) is 0 Å². The Labute approximate surface area is 178 Å². The molecule has 2 fully saturated rings. The topological polar surface area (TPSA) is 103 Å². The molecular formula is C22H34N2O6. The molecule has 3 rings (SSSR count). The van der Waals surface area contributed by atoms with Crippen molar-refractivity contribution in [2.75, 3.05) is 45.9 Å². The summed E-state index contributed by atoms with van der Waals surface area (Å²) >= 11 is 0. The molecule has 0 unspecified atom stereocenters. The molecule has 2 saturated heterocycles. The summed E-state index contributed by atoms with van der Waals surface area (Å²) in [4.78, 5) is 15.5. The highest BCUT2D eigenvalue weighted by Crippen LogP contribution is 2.29. The maximum absolute atomic E-state index is 11.9. The lowest BCUT2D eigenvalue weighted by Crippen LogP contribution is -2.62. The highest BCUT2D eigenvalue weighted by molar-refractivity contribution is 5.67. The quantitative estimate of drug-likeness (QED) is 0.632. The average Bonchev–Trinajstić information content (AvgIpc) is 2.70. The van der Waals surface area contributed by atoms with Crippen LogP contribution in [0.5, 0.6) is 5.75 Å². The Hall–Kier alpha value is -1.87. The Kier molecular flexibility index (Phi) is 7.23. The minimum atomic E-state index is -1.41. The summed E-state index contributed by atoms with van der Waals surface area (Å²) in [6.45, 7) is 6.09. The maximum Gasteiger partial charge on any atom is 0.409 e. The molecule has 8 nitrogen and oxygen atoms in total. The van der Waals surface area contributed by atoms with Gasteiger partial charge in [0.25, 0.3) is 0 Å². The minimum absolute atomic E-state index is 0.0246. The Morgan fingerprint density at radius 3 is 2.63 bits per heavy atom. The molecule has 168 valence electrons. The van der Waals surface area contributed by atoms with Gasteiger partial charge in [0.1, 0.15) is 18.0 Å². The number of benzene rings is 1. The van der Waals surface area contributed by atoms with Crippen LogP contribution < -0.4 is 4.74 Å². The fourth-order valence-electron chi connectivity index (χ4n) is 4.23. The van der Waals surface area contributed by atoms with Gasteiger partial charge in [-0.25, -0.2) is 4.79 Å². The number of hydrogen-bond donors (Lipinski definition) is 3. The fraction of sp³-hybridized carbons (Fsp3) is 0.682. The van der Waals surface area contributed by atoms with Crippen LogP contribution in [0, 0.1) is 6.92 Å². The van der Waals surface area contributed by atoms with Crippen LogP contribution >= 0.6 is 0 Å². The molecule has 0 saturated carbocycles. The molecular weight excluding hydrogens is 388 g/mol. The number of rotatable bonds is 6. The van der Waals surface area contributed by atoms with Gasteiger partial charge in [0.05, 0.1) is 18.3 Å². The van der Waals surface area contributed by atoms with Gasteiger partial charge in [-0.15, -0.1) is 0 Å². The summed E-state index contributed by atoms with van der Waals surface area (Å²) in [6, 6.07) is 7.56. The molecule has 0 aliphatic carbocycles. The van der Waals surface area contributed by atoms with E-state index in [4.69, 9.17) is 9.47 Å². The third-order valence-electron chi connectivity index (χ3n) is 6.05. The van der Waals surface area contributed by atoms with Crippen molar-refractivity contribution in [2.45, 2.75) is 50.4 Å². The van der Waals surface area contributed by atoms with E-state index in [2.05, 4.69) is 0 Å². The van der Waals surface area contributed by atoms with E-state index in [1.165, 1.54) is 0 Å². The van der Waals surface area contributed by atoms with Crippen molar-refractivity contribution in [1.82, 2.24) is 9.80 Å². The smallest absolute Gasteiger partial charge is 0.409 e. The standard InChI is InChI=1S/C22H34N2O6/c1-3-29-20(26)24-11-8-21(27,9-12-24)14-23-10-7-19(25)22(28,15-23)16-30-18-6-4-5-17(2)13-18/h4-6,13,19,25,27-28H,3,7-12,14-16H2,1-2H3/t19-,22-/m0/s1. The number of likely N-dealkylation sites (tertiary alicyclic amines) is 2. The lowest BCUT2D eigenvalue weighted by Gasteiger charge is -2.46. The second-order valence-electron chi connectivity index (χ2n) is 8.63. The normalized spacial score (nSPS) is 27.0. The molecule has 3 N–H and O–H groups in total. The van der Waals surface area contributed by atoms with E-state index in [0.29, 0.717) is 57.8 Å². The van der Waals surface area contributed by atoms with Crippen LogP contribution in [0.4, 0.5) is 4.79 Å². The summed E-state index contributed by atoms with van der Waals surface area (Å²) in [5.41, 5.74) is -1.30. The van der Waals surface area contributed by atoms with Crippen molar-refractivity contribution in [1.29, 1.82) is 0 Å². The van der Waals surface area contributed by atoms with Gasteiger partial charge in [-0.05, 0) is 50.8 Å². The van der Waals surface area contributed by atoms with Gasteiger partial charge in [-0.1, -0.05) is 12.1 Å². The van der Waals surface area contributed by atoms with Crippen molar-refractivity contribution in [3.63, 3.8) is 0 Å². The van der Waals surface area contributed by atoms with Crippen LogP contribution in [0.25, 0.3) is 0 Å². The zero-order chi connectivity index (χ0) is 21.8. The minimum Gasteiger partial charge on any atom is -0.490 e. The Morgan fingerprint density at radius 2 is 1.97 bits per heavy atom. The number of amides is 1. The maximum atomic E-state index is 11.9. The molecule has 2 aliphatic rings. The van der Waals surface area contributed by atoms with Gasteiger partial charge < -0.3 is 29.7 Å². The second kappa shape index (κ2) is 9.51. The molecule has 2 atom stereocenters. The molecule has 30 heavy (non-hydrogen) atoms. The number of aliphatic hydroxyl groups excluding tert-OH is 1. The van der Waals surface area contributed by atoms with Gasteiger partial charge in [-0.3, -0.25) is 4.90 Å². The van der Waals surface area contributed by atoms with Crippen LogP contribution in [-0.4, -0.2) is 94.5 Å². The molecule has 1 aromatic carbocycles. The first-order chi connectivity index (χ1) is 14.2. The van der Waals surface area contributed by atoms with E-state index in [0.717, 1.165) is 5.56 Å². The summed E-state index contributed by atoms with van der Waals surface area (Å²) in [5, 5.41) is 32.5. The van der Waals surface area contributed by atoms with Crippen molar-refractivity contribution in [3.05, 3.63) is 29.8 Å². The monoisotopic (exact) mass is 422 g/mol. The van der Waals surface area contributed by atoms with Crippen LogP contribution in [-0.2, 0) is 4.74 Å². The number of carbonyl (C=O) groups excluding carboxylic acids is 1. The number of piperidine rings is 2. The van der Waals surface area contributed by atoms with Crippen LogP contribution in [0.1, 0.15) is 31.7 Å². The number of aryl methyl sites for hydroxylation is 1. The first-order valence-corrected chi connectivity index (χ1v) is 10.7. The predicted molar refractivity (Wildman–Crippen MR) is 111 cm³/mol. The summed E-state index contributed by atoms with van der Waals surface area (Å²) in [6.07, 6.45) is 0.0624. The van der Waals surface area contributed by atoms with Crippen molar-refractivity contribution in [3.8, 4) is 5.75 Å². The van der Waals surface area contributed by atoms with Gasteiger partial charge in [0.2, 0.25) is 0 Å². The molecule has 0 bridgehead atoms. The largest absolute Gasteiger partial charge is 0.490 e. The van der Waals surface area contributed by atoms with Gasteiger partial charge in [0.15, 0.2) is 0 Å². The molecule has 1 amide bonds. The highest BCUT2D eigenvalue weighted by Gasteiger charge is 2.44. The number of carbonyl (C=O) groups is 1. The summed E-state index contributed by atoms with van der Waals surface area (Å²) in [7, 11) is 0. The van der Waals surface area contributed by atoms with Crippen molar-refractivity contribution >= 4 is 6.09 Å². The number of ether oxygens (including phenoxy) is 2. The number of aliphatic hydroxyl groups is 3. The van der Waals surface area contributed by atoms with Crippen molar-refractivity contribution < 1.29 is 29.6 Å². The second-order valence-corrected chi connectivity index (χ2v) is 8.63. The first-order valence-electron chi connectivity index (χ1n) is 10.7. The van der Waals surface area contributed by atoms with Gasteiger partial charge >= 0.3 is 6.09 Å². The average molecular weight is 423 g/mol. The Bertz CT molecular complexity index is 721. The third kappa shape index (κ3) is 5.63. The zero-order valence-corrected chi connectivity index (χ0v) is 17.9. The first kappa shape index (κ1) is 22.8. The lowest BCUT2D eigenvalue weighted by atomic mass is 9.86. The molecule has 8 heteroatoms. The van der Waals surface area contributed by atoms with E-state index < -0.39 is 17.3 Å². The predicted octanol–water partition coefficient (Wildman–Crippen LogP) is 1.15. The Balaban J connectivity index is 1.55. The molecule has 0 radical (unpaired) electrons. The van der Waals surface area contributed by atoms with E-state index in [9.17, 15) is 20.1 Å². The molecule has 1 aromatic rings. The molecule has 2 heterocycles. The molecule has 2 aliphatic heterocycles. The highest BCUT2D eigenvalue weighted by atomic mass is 16.6.